The second-order valence-electron chi connectivity index (χ2n) is 5.18. The zero-order valence-corrected chi connectivity index (χ0v) is 15.5. The highest BCUT2D eigenvalue weighted by molar-refractivity contribution is 9.11. The van der Waals surface area contributed by atoms with Crippen LogP contribution in [-0.4, -0.2) is 9.97 Å². The monoisotopic (exact) mass is 416 g/mol. The predicted molar refractivity (Wildman–Crippen MR) is 91.2 cm³/mol. The summed E-state index contributed by atoms with van der Waals surface area (Å²) in [6, 6.07) is 6.11. The normalized spacial score (nSPS) is 11.2. The van der Waals surface area contributed by atoms with Gasteiger partial charge in [0.05, 0.1) is 10.2 Å². The molecule has 0 radical (unpaired) electrons. The van der Waals surface area contributed by atoms with E-state index in [4.69, 9.17) is 11.6 Å². The first-order chi connectivity index (χ1) is 9.38. The van der Waals surface area contributed by atoms with E-state index in [1.807, 2.05) is 19.1 Å². The molecule has 2 nitrogen and oxygen atoms in total. The second-order valence-corrected chi connectivity index (χ2v) is 7.19. The fraction of sp³-hybridized carbons (Fsp3) is 0.333. The Kier molecular flexibility index (Phi) is 5.21. The van der Waals surface area contributed by atoms with Gasteiger partial charge < -0.3 is 0 Å². The molecule has 0 aliphatic carbocycles. The third-order valence-corrected chi connectivity index (χ3v) is 4.84. The van der Waals surface area contributed by atoms with Gasteiger partial charge >= 0.3 is 0 Å². The Bertz CT molecular complexity index is 642. The van der Waals surface area contributed by atoms with Crippen LogP contribution in [0.25, 0.3) is 11.4 Å². The van der Waals surface area contributed by atoms with Crippen LogP contribution in [0.4, 0.5) is 0 Å². The highest BCUT2D eigenvalue weighted by Gasteiger charge is 2.14. The van der Waals surface area contributed by atoms with Crippen LogP contribution < -0.4 is 0 Å². The van der Waals surface area contributed by atoms with E-state index in [1.165, 1.54) is 5.56 Å². The van der Waals surface area contributed by atoms with Crippen molar-refractivity contribution in [2.24, 2.45) is 5.92 Å². The van der Waals surface area contributed by atoms with Gasteiger partial charge in [0.2, 0.25) is 0 Å². The number of rotatable bonds is 3. The highest BCUT2D eigenvalue weighted by Crippen LogP contribution is 2.31. The number of hydrogen-bond donors (Lipinski definition) is 0. The Labute approximate surface area is 141 Å². The van der Waals surface area contributed by atoms with E-state index in [0.717, 1.165) is 26.6 Å². The average molecular weight is 419 g/mol. The Morgan fingerprint density at radius 2 is 1.90 bits per heavy atom. The summed E-state index contributed by atoms with van der Waals surface area (Å²) in [6.07, 6.45) is 0.860. The molecule has 0 spiro atoms. The molecule has 20 heavy (non-hydrogen) atoms. The molecule has 1 aromatic heterocycles. The van der Waals surface area contributed by atoms with Crippen molar-refractivity contribution in [3.63, 3.8) is 0 Å². The van der Waals surface area contributed by atoms with E-state index < -0.39 is 0 Å². The fourth-order valence-corrected chi connectivity index (χ4v) is 3.11. The van der Waals surface area contributed by atoms with E-state index in [2.05, 4.69) is 61.7 Å². The maximum Gasteiger partial charge on any atom is 0.162 e. The second kappa shape index (κ2) is 6.54. The summed E-state index contributed by atoms with van der Waals surface area (Å²) < 4.78 is 1.77. The molecule has 0 saturated heterocycles. The van der Waals surface area contributed by atoms with Gasteiger partial charge in [-0.1, -0.05) is 47.4 Å². The predicted octanol–water partition coefficient (Wildman–Crippen LogP) is 5.83. The summed E-state index contributed by atoms with van der Waals surface area (Å²) in [4.78, 5) is 9.04. The lowest BCUT2D eigenvalue weighted by molar-refractivity contribution is 0.632. The number of benzene rings is 1. The molecule has 0 aliphatic rings. The van der Waals surface area contributed by atoms with Gasteiger partial charge in [-0.05, 0) is 52.9 Å². The lowest BCUT2D eigenvalue weighted by Gasteiger charge is -2.11. The number of aromatic nitrogens is 2. The van der Waals surface area contributed by atoms with Crippen LogP contribution in [0.5, 0.6) is 0 Å². The van der Waals surface area contributed by atoms with Crippen molar-refractivity contribution in [1.82, 2.24) is 9.97 Å². The molecule has 0 saturated carbocycles. The van der Waals surface area contributed by atoms with Crippen LogP contribution in [0.15, 0.2) is 27.1 Å². The van der Waals surface area contributed by atoms with Gasteiger partial charge in [0.1, 0.15) is 5.15 Å². The first kappa shape index (κ1) is 15.9. The molecule has 0 unspecified atom stereocenters. The Morgan fingerprint density at radius 1 is 1.20 bits per heavy atom. The maximum atomic E-state index is 6.22. The minimum absolute atomic E-state index is 0.457. The molecule has 0 N–H and O–H groups in total. The number of hydrogen-bond acceptors (Lipinski definition) is 2. The number of halogens is 3. The van der Waals surface area contributed by atoms with Crippen LogP contribution in [0.2, 0.25) is 5.15 Å². The molecular formula is C15H15Br2ClN2. The highest BCUT2D eigenvalue weighted by atomic mass is 79.9. The van der Waals surface area contributed by atoms with Crippen molar-refractivity contribution in [3.8, 4) is 11.4 Å². The Balaban J connectivity index is 2.54. The smallest absolute Gasteiger partial charge is 0.162 e. The topological polar surface area (TPSA) is 25.8 Å². The quantitative estimate of drug-likeness (QED) is 0.586. The zero-order chi connectivity index (χ0) is 14.9. The lowest BCUT2D eigenvalue weighted by atomic mass is 10.1. The van der Waals surface area contributed by atoms with Gasteiger partial charge in [0.25, 0.3) is 0 Å². The molecule has 0 bridgehead atoms. The van der Waals surface area contributed by atoms with Crippen LogP contribution in [-0.2, 0) is 6.42 Å². The Hall–Kier alpha value is -0.450. The molecule has 0 amide bonds. The van der Waals surface area contributed by atoms with Gasteiger partial charge in [0, 0.05) is 10.0 Å². The summed E-state index contributed by atoms with van der Waals surface area (Å²) in [5, 5.41) is 0.457. The standard InChI is InChI=1S/C15H15Br2ClN2/c1-8(2)6-12-13(17)14(18)20-15(19-12)10-5-4-9(3)7-11(10)16/h4-5,7-8H,6H2,1-3H3. The molecular weight excluding hydrogens is 403 g/mol. The fourth-order valence-electron chi connectivity index (χ4n) is 1.91. The SMILES string of the molecule is Cc1ccc(-c2nc(Cl)c(Br)c(CC(C)C)n2)c(Br)c1. The van der Waals surface area contributed by atoms with E-state index >= 15 is 0 Å². The van der Waals surface area contributed by atoms with Crippen molar-refractivity contribution in [3.05, 3.63) is 43.6 Å². The minimum Gasteiger partial charge on any atom is -0.232 e. The summed E-state index contributed by atoms with van der Waals surface area (Å²) in [5.74, 6) is 1.16. The van der Waals surface area contributed by atoms with Gasteiger partial charge in [0.15, 0.2) is 5.82 Å². The summed E-state index contributed by atoms with van der Waals surface area (Å²) in [6.45, 7) is 6.36. The van der Waals surface area contributed by atoms with E-state index in [1.54, 1.807) is 0 Å². The van der Waals surface area contributed by atoms with Crippen LogP contribution >= 0.6 is 43.5 Å². The Morgan fingerprint density at radius 3 is 2.50 bits per heavy atom. The summed E-state index contributed by atoms with van der Waals surface area (Å²) >= 11 is 13.3. The van der Waals surface area contributed by atoms with Crippen molar-refractivity contribution in [2.75, 3.05) is 0 Å². The molecule has 1 aromatic carbocycles. The van der Waals surface area contributed by atoms with E-state index in [0.29, 0.717) is 16.9 Å². The van der Waals surface area contributed by atoms with Gasteiger partial charge in [-0.2, -0.15) is 0 Å². The van der Waals surface area contributed by atoms with Gasteiger partial charge in [-0.15, -0.1) is 0 Å². The minimum atomic E-state index is 0.457. The maximum absolute atomic E-state index is 6.22. The molecule has 1 heterocycles. The lowest BCUT2D eigenvalue weighted by Crippen LogP contribution is -2.03. The largest absolute Gasteiger partial charge is 0.232 e. The van der Waals surface area contributed by atoms with E-state index in [9.17, 15) is 0 Å². The van der Waals surface area contributed by atoms with Crippen molar-refractivity contribution in [2.45, 2.75) is 27.2 Å². The summed E-state index contributed by atoms with van der Waals surface area (Å²) in [5.41, 5.74) is 3.09. The third kappa shape index (κ3) is 3.60. The molecule has 2 rings (SSSR count). The first-order valence-electron chi connectivity index (χ1n) is 6.37. The average Bonchev–Trinajstić information content (AvgIpc) is 2.34. The third-order valence-electron chi connectivity index (χ3n) is 2.85. The van der Waals surface area contributed by atoms with Crippen molar-refractivity contribution >= 4 is 43.5 Å². The van der Waals surface area contributed by atoms with Crippen LogP contribution in [0, 0.1) is 12.8 Å². The first-order valence-corrected chi connectivity index (χ1v) is 8.33. The van der Waals surface area contributed by atoms with Gasteiger partial charge in [-0.25, -0.2) is 9.97 Å². The van der Waals surface area contributed by atoms with E-state index in [-0.39, 0.29) is 0 Å². The molecule has 2 aromatic rings. The molecule has 0 atom stereocenters. The van der Waals surface area contributed by atoms with Crippen molar-refractivity contribution in [1.29, 1.82) is 0 Å². The molecule has 5 heteroatoms. The van der Waals surface area contributed by atoms with Gasteiger partial charge in [-0.3, -0.25) is 0 Å². The number of nitrogens with zero attached hydrogens (tertiary/aromatic N) is 2. The number of aryl methyl sites for hydroxylation is 1. The molecule has 0 fully saturated rings. The molecule has 106 valence electrons. The van der Waals surface area contributed by atoms with Crippen LogP contribution in [0.3, 0.4) is 0 Å². The summed E-state index contributed by atoms with van der Waals surface area (Å²) in [7, 11) is 0. The zero-order valence-electron chi connectivity index (χ0n) is 11.5. The van der Waals surface area contributed by atoms with Crippen molar-refractivity contribution < 1.29 is 0 Å². The molecule has 0 aliphatic heterocycles. The van der Waals surface area contributed by atoms with Crippen LogP contribution in [0.1, 0.15) is 25.1 Å².